The van der Waals surface area contributed by atoms with Crippen LogP contribution in [0.4, 0.5) is 0 Å². The van der Waals surface area contributed by atoms with Gasteiger partial charge in [-0.25, -0.2) is 0 Å². The summed E-state index contributed by atoms with van der Waals surface area (Å²) in [5.74, 6) is -0.0418. The number of rotatable bonds is 4. The van der Waals surface area contributed by atoms with Gasteiger partial charge in [0.25, 0.3) is 0 Å². The Hall–Kier alpha value is -1.62. The fraction of sp³-hybridized carbons (Fsp3) is 0.263. The monoisotopic (exact) mass is 507 g/mol. The van der Waals surface area contributed by atoms with Gasteiger partial charge in [-0.1, -0.05) is 0 Å². The molecule has 1 aromatic heterocycles. The zero-order chi connectivity index (χ0) is 19.3. The summed E-state index contributed by atoms with van der Waals surface area (Å²) in [6.07, 6.45) is -1.29. The first-order chi connectivity index (χ1) is 13.6. The van der Waals surface area contributed by atoms with Crippen LogP contribution in [0.2, 0.25) is 5.02 Å². The molecule has 142 valence electrons. The molecule has 28 heavy (non-hydrogen) atoms. The van der Waals surface area contributed by atoms with Crippen LogP contribution in [0.3, 0.4) is 0 Å². The van der Waals surface area contributed by atoms with Crippen molar-refractivity contribution >= 4 is 34.1 Å². The van der Waals surface area contributed by atoms with Crippen LogP contribution in [-0.2, 0) is 14.3 Å². The summed E-state index contributed by atoms with van der Waals surface area (Å²) < 4.78 is 18.1. The average Bonchev–Trinajstić information content (AvgIpc) is 3.38. The van der Waals surface area contributed by atoms with Crippen LogP contribution < -0.4 is 25.7 Å². The number of fused-ring (bicyclic) bond motifs is 2. The maximum atomic E-state index is 11.7. The molecular weight excluding hydrogens is 493 g/mol. The molecule has 0 amide bonds. The van der Waals surface area contributed by atoms with Gasteiger partial charge < -0.3 is 9.47 Å². The number of nitrogens with zero attached hydrogens (tertiary/aromatic N) is 1. The van der Waals surface area contributed by atoms with Crippen LogP contribution in [0.5, 0.6) is 6.01 Å². The minimum absolute atomic E-state index is 0.0418. The summed E-state index contributed by atoms with van der Waals surface area (Å²) >= 11 is 6.07. The third-order valence-corrected chi connectivity index (χ3v) is 6.68. The van der Waals surface area contributed by atoms with E-state index in [0.717, 1.165) is 22.2 Å². The molecular formula is C19H14BClIN2O4-. The quantitative estimate of drug-likeness (QED) is 0.375. The molecule has 3 heterocycles. The number of H-pyrrole nitrogens is 1. The molecule has 2 aliphatic rings. The van der Waals surface area contributed by atoms with Gasteiger partial charge in [0, 0.05) is 0 Å². The third kappa shape index (κ3) is 3.22. The molecule has 0 saturated carbocycles. The van der Waals surface area contributed by atoms with Crippen LogP contribution in [-0.4, -0.2) is 53.0 Å². The standard InChI is InChI=1S/C19H14BClIN2O4/c20-22-10-3-1-9(2-4-10)11-5-13-14(6-12(11)21)24-19(23-13)28-16-8-27-17-15(25)7-26-18(16)17/h1-6,16-18H,7-8H2,(H,23,24)/q-1/t16-,17-,18-/m1/s1. The maximum absolute atomic E-state index is 11.7. The third-order valence-electron chi connectivity index (χ3n) is 4.93. The Bertz CT molecular complexity index is 1060. The first kappa shape index (κ1) is 18.4. The second kappa shape index (κ2) is 7.33. The van der Waals surface area contributed by atoms with Crippen LogP contribution in [0.15, 0.2) is 36.4 Å². The van der Waals surface area contributed by atoms with Gasteiger partial charge in [-0.2, -0.15) is 0 Å². The van der Waals surface area contributed by atoms with E-state index in [0.29, 0.717) is 17.6 Å². The van der Waals surface area contributed by atoms with Crippen molar-refractivity contribution in [1.29, 1.82) is 0 Å². The molecule has 2 fully saturated rings. The Balaban J connectivity index is 1.42. The van der Waals surface area contributed by atoms with E-state index in [1.54, 1.807) is 0 Å². The van der Waals surface area contributed by atoms with Crippen LogP contribution in [0, 0.1) is 3.57 Å². The molecule has 5 rings (SSSR count). The minimum atomic E-state index is -0.533. The molecule has 9 heteroatoms. The number of nitrogens with one attached hydrogen (secondary N) is 1. The van der Waals surface area contributed by atoms with E-state index in [1.807, 2.05) is 36.4 Å². The van der Waals surface area contributed by atoms with Crippen molar-refractivity contribution in [1.82, 2.24) is 9.97 Å². The number of benzene rings is 2. The van der Waals surface area contributed by atoms with E-state index >= 15 is 0 Å². The van der Waals surface area contributed by atoms with Crippen molar-refractivity contribution < 1.29 is 40.0 Å². The fourth-order valence-electron chi connectivity index (χ4n) is 3.55. The number of Topliss-reactive ketones (excluding diaryl/α,β-unsaturated/α-hetero) is 1. The summed E-state index contributed by atoms with van der Waals surface area (Å²) in [5, 5.41) is 0.617. The number of carbonyl (C=O) groups is 1. The first-order valence-corrected chi connectivity index (χ1v) is 11.4. The van der Waals surface area contributed by atoms with Gasteiger partial charge in [0.05, 0.1) is 0 Å². The number of ketones is 1. The molecule has 6 nitrogen and oxygen atoms in total. The second-order valence-corrected chi connectivity index (χ2v) is 8.93. The van der Waals surface area contributed by atoms with Gasteiger partial charge in [-0.05, 0) is 0 Å². The van der Waals surface area contributed by atoms with Crippen molar-refractivity contribution in [2.24, 2.45) is 0 Å². The molecule has 2 aliphatic heterocycles. The first-order valence-electron chi connectivity index (χ1n) is 8.68. The van der Waals surface area contributed by atoms with E-state index in [4.69, 9.17) is 31.5 Å². The molecule has 0 spiro atoms. The van der Waals surface area contributed by atoms with Gasteiger partial charge in [0.15, 0.2) is 5.78 Å². The Morgan fingerprint density at radius 2 is 2.07 bits per heavy atom. The van der Waals surface area contributed by atoms with Gasteiger partial charge in [-0.15, -0.1) is 0 Å². The Morgan fingerprint density at radius 3 is 2.86 bits per heavy atom. The van der Waals surface area contributed by atoms with Crippen molar-refractivity contribution in [3.05, 3.63) is 45.0 Å². The summed E-state index contributed by atoms with van der Waals surface area (Å²) in [6.45, 7) is 0.361. The number of aromatic nitrogens is 2. The number of ether oxygens (including phenoxy) is 3. The molecule has 2 radical (unpaired) electrons. The molecule has 2 aromatic carbocycles. The van der Waals surface area contributed by atoms with E-state index in [2.05, 4.69) is 9.97 Å². The van der Waals surface area contributed by atoms with Crippen molar-refractivity contribution in [2.75, 3.05) is 13.2 Å². The molecule has 1 N–H and O–H groups in total. The Kier molecular flexibility index (Phi) is 4.82. The number of hydrogen-bond acceptors (Lipinski definition) is 5. The van der Waals surface area contributed by atoms with Crippen LogP contribution in [0.1, 0.15) is 0 Å². The van der Waals surface area contributed by atoms with E-state index in [-0.39, 0.29) is 24.6 Å². The van der Waals surface area contributed by atoms with Crippen LogP contribution in [0.25, 0.3) is 22.2 Å². The molecule has 3 atom stereocenters. The zero-order valence-corrected chi connectivity index (χ0v) is 17.4. The summed E-state index contributed by atoms with van der Waals surface area (Å²) in [4.78, 5) is 19.3. The number of hydrogen-bond donors (Lipinski definition) is 1. The van der Waals surface area contributed by atoms with E-state index < -0.39 is 27.1 Å². The van der Waals surface area contributed by atoms with Crippen LogP contribution >= 0.6 is 11.6 Å². The fourth-order valence-corrected chi connectivity index (χ4v) is 4.59. The predicted octanol–water partition coefficient (Wildman–Crippen LogP) is -0.660. The Labute approximate surface area is 177 Å². The van der Waals surface area contributed by atoms with Crippen molar-refractivity contribution in [3.8, 4) is 17.1 Å². The average molecular weight is 508 g/mol. The van der Waals surface area contributed by atoms with Gasteiger partial charge >= 0.3 is 145 Å². The van der Waals surface area contributed by atoms with Crippen molar-refractivity contribution in [3.63, 3.8) is 0 Å². The Morgan fingerprint density at radius 1 is 1.25 bits per heavy atom. The normalized spacial score (nSPS) is 24.2. The molecule has 0 aliphatic carbocycles. The number of halogens is 2. The number of aromatic amines is 1. The molecule has 0 unspecified atom stereocenters. The second-order valence-electron chi connectivity index (χ2n) is 6.66. The number of imidazole rings is 1. The zero-order valence-electron chi connectivity index (χ0n) is 14.5. The summed E-state index contributed by atoms with van der Waals surface area (Å²) in [5.41, 5.74) is 9.18. The molecule has 3 aromatic rings. The van der Waals surface area contributed by atoms with Gasteiger partial charge in [-0.3, -0.25) is 4.79 Å². The number of carbonyl (C=O) groups excluding carboxylic acids is 1. The van der Waals surface area contributed by atoms with Crippen molar-refractivity contribution in [2.45, 2.75) is 18.3 Å². The van der Waals surface area contributed by atoms with Gasteiger partial charge in [0.1, 0.15) is 12.7 Å². The SMILES string of the molecule is [B][I-]c1ccc(-c2cc3nc(O[C@@H]4CO[C@@H]5C(=O)CO[C@@H]54)[nH]c3cc2Cl)cc1. The topological polar surface area (TPSA) is 73.4 Å². The van der Waals surface area contributed by atoms with E-state index in [1.165, 1.54) is 3.57 Å². The summed E-state index contributed by atoms with van der Waals surface area (Å²) in [6, 6.07) is 12.2. The molecule has 0 bridgehead atoms. The van der Waals surface area contributed by atoms with E-state index in [9.17, 15) is 4.79 Å². The summed E-state index contributed by atoms with van der Waals surface area (Å²) in [7, 11) is 0. The van der Waals surface area contributed by atoms with Gasteiger partial charge in [0.2, 0.25) is 0 Å². The predicted molar refractivity (Wildman–Crippen MR) is 99.9 cm³/mol. The molecule has 2 saturated heterocycles.